The Labute approximate surface area is 155 Å². The second kappa shape index (κ2) is 5.60. The molecule has 0 aliphatic heterocycles. The van der Waals surface area contributed by atoms with Crippen molar-refractivity contribution in [1.29, 1.82) is 0 Å². The third-order valence-corrected chi connectivity index (χ3v) is 4.64. The van der Waals surface area contributed by atoms with Crippen molar-refractivity contribution in [1.82, 2.24) is 0 Å². The molecule has 0 fully saturated rings. The fourth-order valence-corrected chi connectivity index (χ4v) is 3.60. The molecule has 1 heterocycles. The lowest BCUT2D eigenvalue weighted by atomic mass is 10.0. The van der Waals surface area contributed by atoms with E-state index < -0.39 is 0 Å². The minimum Gasteiger partial charge on any atom is -0.439 e. The van der Waals surface area contributed by atoms with Gasteiger partial charge in [0.05, 0.1) is 11.1 Å². The van der Waals surface area contributed by atoms with Crippen LogP contribution in [0.5, 0.6) is 0 Å². The lowest BCUT2D eigenvalue weighted by Gasteiger charge is -2.20. The van der Waals surface area contributed by atoms with Gasteiger partial charge in [0.25, 0.3) is 0 Å². The van der Waals surface area contributed by atoms with Crippen molar-refractivity contribution in [3.05, 3.63) is 64.1 Å². The standard InChI is InChI=1S/C21H18BrNO2/c1-21(2,3)23-20-16-14-9-4-5-10-15(14)18(24)17(16)19(25-20)12-7-6-8-13(22)11-12/h4-11,23H,1-3H3. The van der Waals surface area contributed by atoms with Gasteiger partial charge in [-0.2, -0.15) is 0 Å². The Kier molecular flexibility index (Phi) is 3.62. The van der Waals surface area contributed by atoms with Gasteiger partial charge in [0.15, 0.2) is 5.78 Å². The van der Waals surface area contributed by atoms with Gasteiger partial charge in [0.2, 0.25) is 5.88 Å². The number of rotatable bonds is 2. The number of halogens is 1. The molecule has 0 bridgehead atoms. The SMILES string of the molecule is CC(C)(C)Nc1oc(-c2cccc(Br)c2)c2c1-c1ccccc1C2=O. The third kappa shape index (κ3) is 2.71. The molecule has 0 radical (unpaired) electrons. The molecule has 2 aromatic carbocycles. The van der Waals surface area contributed by atoms with E-state index in [-0.39, 0.29) is 11.3 Å². The molecule has 0 unspecified atom stereocenters. The first-order valence-corrected chi connectivity index (χ1v) is 8.99. The zero-order valence-corrected chi connectivity index (χ0v) is 15.9. The van der Waals surface area contributed by atoms with Crippen molar-refractivity contribution in [2.75, 3.05) is 5.32 Å². The number of hydrogen-bond donors (Lipinski definition) is 1. The lowest BCUT2D eigenvalue weighted by molar-refractivity contribution is 0.104. The van der Waals surface area contributed by atoms with Crippen molar-refractivity contribution in [2.45, 2.75) is 26.3 Å². The summed E-state index contributed by atoms with van der Waals surface area (Å²) in [5.74, 6) is 1.28. The fraction of sp³-hybridized carbons (Fsp3) is 0.190. The van der Waals surface area contributed by atoms with Crippen LogP contribution in [0.1, 0.15) is 36.7 Å². The van der Waals surface area contributed by atoms with Gasteiger partial charge in [0, 0.05) is 21.1 Å². The molecule has 1 aliphatic rings. The van der Waals surface area contributed by atoms with Gasteiger partial charge < -0.3 is 9.73 Å². The smallest absolute Gasteiger partial charge is 0.202 e. The van der Waals surface area contributed by atoms with Crippen molar-refractivity contribution in [3.63, 3.8) is 0 Å². The molecule has 1 aliphatic carbocycles. The first-order valence-electron chi connectivity index (χ1n) is 8.20. The highest BCUT2D eigenvalue weighted by molar-refractivity contribution is 9.10. The van der Waals surface area contributed by atoms with Crippen LogP contribution < -0.4 is 5.32 Å². The van der Waals surface area contributed by atoms with Crippen molar-refractivity contribution < 1.29 is 9.21 Å². The second-order valence-electron chi connectivity index (χ2n) is 7.27. The van der Waals surface area contributed by atoms with Gasteiger partial charge in [-0.15, -0.1) is 0 Å². The first kappa shape index (κ1) is 16.2. The Morgan fingerprint density at radius 1 is 0.960 bits per heavy atom. The largest absolute Gasteiger partial charge is 0.439 e. The Balaban J connectivity index is 1.99. The molecule has 0 atom stereocenters. The minimum absolute atomic E-state index is 0.0197. The van der Waals surface area contributed by atoms with E-state index in [9.17, 15) is 4.79 Å². The van der Waals surface area contributed by atoms with Crippen LogP contribution in [0.3, 0.4) is 0 Å². The van der Waals surface area contributed by atoms with Crippen molar-refractivity contribution >= 4 is 27.6 Å². The zero-order valence-electron chi connectivity index (χ0n) is 14.3. The number of anilines is 1. The molecule has 3 nitrogen and oxygen atoms in total. The highest BCUT2D eigenvalue weighted by Gasteiger charge is 2.36. The van der Waals surface area contributed by atoms with E-state index in [1.807, 2.05) is 48.5 Å². The van der Waals surface area contributed by atoms with E-state index in [0.717, 1.165) is 26.7 Å². The number of nitrogens with one attached hydrogen (secondary N) is 1. The van der Waals surface area contributed by atoms with E-state index in [4.69, 9.17) is 4.42 Å². The molecule has 1 aromatic heterocycles. The molecule has 25 heavy (non-hydrogen) atoms. The van der Waals surface area contributed by atoms with Gasteiger partial charge in [0.1, 0.15) is 5.76 Å². The third-order valence-electron chi connectivity index (χ3n) is 4.15. The summed E-state index contributed by atoms with van der Waals surface area (Å²) >= 11 is 3.50. The van der Waals surface area contributed by atoms with E-state index >= 15 is 0 Å². The highest BCUT2D eigenvalue weighted by atomic mass is 79.9. The van der Waals surface area contributed by atoms with Crippen LogP contribution in [0.4, 0.5) is 5.88 Å². The second-order valence-corrected chi connectivity index (χ2v) is 8.19. The number of hydrogen-bond acceptors (Lipinski definition) is 3. The number of furan rings is 1. The van der Waals surface area contributed by atoms with Gasteiger partial charge in [-0.05, 0) is 38.5 Å². The topological polar surface area (TPSA) is 42.2 Å². The molecular formula is C21H18BrNO2. The predicted molar refractivity (Wildman–Crippen MR) is 104 cm³/mol. The number of ketones is 1. The Hall–Kier alpha value is -2.33. The van der Waals surface area contributed by atoms with Crippen LogP contribution in [0.15, 0.2) is 57.4 Å². The number of carbonyl (C=O) groups excluding carboxylic acids is 1. The van der Waals surface area contributed by atoms with Gasteiger partial charge in [-0.3, -0.25) is 4.79 Å². The van der Waals surface area contributed by atoms with Crippen molar-refractivity contribution in [2.24, 2.45) is 0 Å². The average molecular weight is 396 g/mol. The summed E-state index contributed by atoms with van der Waals surface area (Å²) in [5.41, 5.74) is 3.88. The van der Waals surface area contributed by atoms with E-state index in [1.165, 1.54) is 0 Å². The summed E-state index contributed by atoms with van der Waals surface area (Å²) < 4.78 is 7.13. The van der Waals surface area contributed by atoms with E-state index in [0.29, 0.717) is 17.2 Å². The average Bonchev–Trinajstić information content (AvgIpc) is 3.04. The molecule has 4 rings (SSSR count). The summed E-state index contributed by atoms with van der Waals surface area (Å²) in [6.07, 6.45) is 0. The lowest BCUT2D eigenvalue weighted by Crippen LogP contribution is -2.26. The zero-order chi connectivity index (χ0) is 17.8. The van der Waals surface area contributed by atoms with Crippen LogP contribution in [0, 0.1) is 0 Å². The molecule has 1 N–H and O–H groups in total. The summed E-state index contributed by atoms with van der Waals surface area (Å²) in [5, 5.41) is 3.42. The Morgan fingerprint density at radius 3 is 2.36 bits per heavy atom. The number of carbonyl (C=O) groups is 1. The molecule has 0 spiro atoms. The summed E-state index contributed by atoms with van der Waals surface area (Å²) in [4.78, 5) is 13.0. The van der Waals surface area contributed by atoms with Crippen LogP contribution in [0.2, 0.25) is 0 Å². The first-order chi connectivity index (χ1) is 11.8. The maximum atomic E-state index is 13.0. The van der Waals surface area contributed by atoms with E-state index in [1.54, 1.807) is 0 Å². The van der Waals surface area contributed by atoms with E-state index in [2.05, 4.69) is 42.0 Å². The monoisotopic (exact) mass is 395 g/mol. The van der Waals surface area contributed by atoms with Gasteiger partial charge in [-0.25, -0.2) is 0 Å². The van der Waals surface area contributed by atoms with Crippen LogP contribution in [-0.2, 0) is 0 Å². The Bertz CT molecular complexity index is 995. The molecule has 0 saturated carbocycles. The normalized spacial score (nSPS) is 12.9. The van der Waals surface area contributed by atoms with Crippen molar-refractivity contribution in [3.8, 4) is 22.5 Å². The summed E-state index contributed by atoms with van der Waals surface area (Å²) in [6.45, 7) is 6.22. The predicted octanol–water partition coefficient (Wildman–Crippen LogP) is 6.13. The van der Waals surface area contributed by atoms with Gasteiger partial charge >= 0.3 is 0 Å². The van der Waals surface area contributed by atoms with Gasteiger partial charge in [-0.1, -0.05) is 52.3 Å². The molecule has 126 valence electrons. The fourth-order valence-electron chi connectivity index (χ4n) is 3.20. The maximum absolute atomic E-state index is 13.0. The quantitative estimate of drug-likeness (QED) is 0.443. The van der Waals surface area contributed by atoms with Crippen LogP contribution >= 0.6 is 15.9 Å². The van der Waals surface area contributed by atoms with Crippen LogP contribution in [-0.4, -0.2) is 11.3 Å². The maximum Gasteiger partial charge on any atom is 0.202 e. The summed E-state index contributed by atoms with van der Waals surface area (Å²) in [7, 11) is 0. The number of benzene rings is 2. The molecule has 0 saturated heterocycles. The molecular weight excluding hydrogens is 378 g/mol. The molecule has 3 aromatic rings. The highest BCUT2D eigenvalue weighted by Crippen LogP contribution is 2.48. The minimum atomic E-state index is -0.180. The Morgan fingerprint density at radius 2 is 1.68 bits per heavy atom. The number of fused-ring (bicyclic) bond motifs is 3. The molecule has 0 amide bonds. The molecule has 4 heteroatoms. The summed E-state index contributed by atoms with van der Waals surface area (Å²) in [6, 6.07) is 15.5. The van der Waals surface area contributed by atoms with Crippen LogP contribution in [0.25, 0.3) is 22.5 Å².